The predicted octanol–water partition coefficient (Wildman–Crippen LogP) is 2.88. The zero-order chi connectivity index (χ0) is 17.3. The molecule has 4 nitrogen and oxygen atoms in total. The first-order valence-electron chi connectivity index (χ1n) is 7.42. The van der Waals surface area contributed by atoms with Gasteiger partial charge in [0.05, 0.1) is 10.5 Å². The molecule has 0 atom stereocenters. The van der Waals surface area contributed by atoms with Gasteiger partial charge in [0, 0.05) is 19.7 Å². The summed E-state index contributed by atoms with van der Waals surface area (Å²) in [5.41, 5.74) is -0.873. The summed E-state index contributed by atoms with van der Waals surface area (Å²) in [7, 11) is -2.37. The number of aliphatic hydroxyl groups excluding tert-OH is 1. The number of aliphatic hydroxyl groups is 1. The molecule has 0 amide bonds. The van der Waals surface area contributed by atoms with Crippen molar-refractivity contribution in [1.29, 1.82) is 0 Å². The van der Waals surface area contributed by atoms with Crippen LogP contribution < -0.4 is 0 Å². The van der Waals surface area contributed by atoms with E-state index in [1.165, 1.54) is 11.4 Å². The van der Waals surface area contributed by atoms with E-state index in [0.717, 1.165) is 37.1 Å². The fourth-order valence-electron chi connectivity index (χ4n) is 2.87. The Bertz CT molecular complexity index is 620. The van der Waals surface area contributed by atoms with Crippen molar-refractivity contribution >= 4 is 10.0 Å². The molecule has 0 aromatic heterocycles. The first-order valence-corrected chi connectivity index (χ1v) is 8.86. The van der Waals surface area contributed by atoms with Crippen LogP contribution in [0.25, 0.3) is 0 Å². The molecule has 1 N–H and O–H groups in total. The average Bonchev–Trinajstić information content (AvgIpc) is 2.53. The molecule has 0 saturated heterocycles. The lowest BCUT2D eigenvalue weighted by Crippen LogP contribution is -2.39. The number of alkyl halides is 3. The van der Waals surface area contributed by atoms with Crippen molar-refractivity contribution in [3.8, 4) is 0 Å². The van der Waals surface area contributed by atoms with Gasteiger partial charge in [0.1, 0.15) is 0 Å². The predicted molar refractivity (Wildman–Crippen MR) is 79.2 cm³/mol. The quantitative estimate of drug-likeness (QED) is 0.907. The van der Waals surface area contributed by atoms with E-state index in [4.69, 9.17) is 5.11 Å². The summed E-state index contributed by atoms with van der Waals surface area (Å²) in [5, 5.41) is 9.12. The fraction of sp³-hybridized carbons (Fsp3) is 0.600. The smallest absolute Gasteiger partial charge is 0.396 e. The van der Waals surface area contributed by atoms with Gasteiger partial charge in [-0.25, -0.2) is 8.42 Å². The molecule has 0 aliphatic heterocycles. The number of benzene rings is 1. The van der Waals surface area contributed by atoms with Crippen LogP contribution in [0.5, 0.6) is 0 Å². The second kappa shape index (κ2) is 6.78. The van der Waals surface area contributed by atoms with Gasteiger partial charge < -0.3 is 5.11 Å². The summed E-state index contributed by atoms with van der Waals surface area (Å²) in [4.78, 5) is -0.141. The Hall–Kier alpha value is -1.12. The minimum atomic E-state index is -4.49. The minimum Gasteiger partial charge on any atom is -0.396 e. The molecule has 0 bridgehead atoms. The van der Waals surface area contributed by atoms with Gasteiger partial charge in [0.25, 0.3) is 0 Å². The molecule has 1 aromatic rings. The molecular formula is C15H20F3NO3S. The highest BCUT2D eigenvalue weighted by atomic mass is 32.2. The van der Waals surface area contributed by atoms with Crippen molar-refractivity contribution in [2.45, 2.75) is 42.8 Å². The van der Waals surface area contributed by atoms with Crippen molar-refractivity contribution in [1.82, 2.24) is 4.31 Å². The van der Waals surface area contributed by atoms with Crippen LogP contribution in [0.4, 0.5) is 13.2 Å². The summed E-state index contributed by atoms with van der Waals surface area (Å²) >= 11 is 0. The Morgan fingerprint density at radius 2 is 1.65 bits per heavy atom. The maximum absolute atomic E-state index is 12.6. The number of nitrogens with zero attached hydrogens (tertiary/aromatic N) is 1. The third-order valence-corrected chi connectivity index (χ3v) is 6.37. The van der Waals surface area contributed by atoms with Crippen LogP contribution in [0, 0.1) is 5.92 Å². The Balaban J connectivity index is 2.14. The van der Waals surface area contributed by atoms with Crippen molar-refractivity contribution < 1.29 is 26.7 Å². The Kier molecular flexibility index (Phi) is 5.37. The SMILES string of the molecule is CN([C@H]1CC[C@H](CO)CC1)S(=O)(=O)c1ccc(C(F)(F)F)cc1. The van der Waals surface area contributed by atoms with Crippen LogP contribution in [0.1, 0.15) is 31.2 Å². The van der Waals surface area contributed by atoms with Gasteiger partial charge in [0.15, 0.2) is 0 Å². The van der Waals surface area contributed by atoms with Crippen LogP contribution in [0.3, 0.4) is 0 Å². The molecule has 2 rings (SSSR count). The summed E-state index contributed by atoms with van der Waals surface area (Å²) in [6, 6.07) is 3.36. The van der Waals surface area contributed by atoms with E-state index in [1.807, 2.05) is 0 Å². The lowest BCUT2D eigenvalue weighted by Gasteiger charge is -2.33. The fourth-order valence-corrected chi connectivity index (χ4v) is 4.29. The maximum Gasteiger partial charge on any atom is 0.416 e. The topological polar surface area (TPSA) is 57.6 Å². The summed E-state index contributed by atoms with van der Waals surface area (Å²) in [5.74, 6) is 0.202. The van der Waals surface area contributed by atoms with E-state index < -0.39 is 21.8 Å². The molecule has 1 aromatic carbocycles. The number of rotatable bonds is 4. The lowest BCUT2D eigenvalue weighted by atomic mass is 9.87. The molecule has 1 aliphatic carbocycles. The van der Waals surface area contributed by atoms with Gasteiger partial charge >= 0.3 is 6.18 Å². The van der Waals surface area contributed by atoms with Gasteiger partial charge in [-0.2, -0.15) is 17.5 Å². The molecule has 1 aliphatic rings. The van der Waals surface area contributed by atoms with E-state index in [1.54, 1.807) is 0 Å². The highest BCUT2D eigenvalue weighted by Gasteiger charge is 2.33. The molecule has 23 heavy (non-hydrogen) atoms. The van der Waals surface area contributed by atoms with E-state index in [9.17, 15) is 21.6 Å². The zero-order valence-electron chi connectivity index (χ0n) is 12.8. The number of hydrogen-bond donors (Lipinski definition) is 1. The molecule has 130 valence electrons. The van der Waals surface area contributed by atoms with E-state index in [2.05, 4.69) is 0 Å². The second-order valence-electron chi connectivity index (χ2n) is 5.90. The van der Waals surface area contributed by atoms with Crippen molar-refractivity contribution in [3.63, 3.8) is 0 Å². The van der Waals surface area contributed by atoms with Crippen LogP contribution in [-0.4, -0.2) is 37.5 Å². The maximum atomic E-state index is 12.6. The van der Waals surface area contributed by atoms with Crippen LogP contribution in [-0.2, 0) is 16.2 Å². The van der Waals surface area contributed by atoms with Crippen molar-refractivity contribution in [2.75, 3.05) is 13.7 Å². The molecule has 0 radical (unpaired) electrons. The highest BCUT2D eigenvalue weighted by Crippen LogP contribution is 2.32. The number of hydrogen-bond acceptors (Lipinski definition) is 3. The van der Waals surface area contributed by atoms with E-state index in [-0.39, 0.29) is 23.5 Å². The molecule has 0 heterocycles. The average molecular weight is 351 g/mol. The second-order valence-corrected chi connectivity index (χ2v) is 7.90. The zero-order valence-corrected chi connectivity index (χ0v) is 13.6. The van der Waals surface area contributed by atoms with Crippen molar-refractivity contribution in [3.05, 3.63) is 29.8 Å². The Morgan fingerprint density at radius 1 is 1.13 bits per heavy atom. The third kappa shape index (κ3) is 4.05. The number of halogens is 3. The first kappa shape index (κ1) is 18.2. The Labute approximate surface area is 134 Å². The van der Waals surface area contributed by atoms with E-state index in [0.29, 0.717) is 12.8 Å². The molecule has 1 saturated carbocycles. The van der Waals surface area contributed by atoms with Crippen molar-refractivity contribution in [2.24, 2.45) is 5.92 Å². The highest BCUT2D eigenvalue weighted by molar-refractivity contribution is 7.89. The lowest BCUT2D eigenvalue weighted by molar-refractivity contribution is -0.137. The third-order valence-electron chi connectivity index (χ3n) is 4.45. The van der Waals surface area contributed by atoms with Crippen LogP contribution in [0.2, 0.25) is 0 Å². The molecule has 8 heteroatoms. The van der Waals surface area contributed by atoms with Gasteiger partial charge in [-0.3, -0.25) is 0 Å². The summed E-state index contributed by atoms with van der Waals surface area (Å²) in [6.45, 7) is 0.0993. The van der Waals surface area contributed by atoms with Gasteiger partial charge in [-0.15, -0.1) is 0 Å². The minimum absolute atomic E-state index is 0.0993. The summed E-state index contributed by atoms with van der Waals surface area (Å²) < 4.78 is 64.0. The largest absolute Gasteiger partial charge is 0.416 e. The monoisotopic (exact) mass is 351 g/mol. The van der Waals surface area contributed by atoms with Gasteiger partial charge in [-0.05, 0) is 55.9 Å². The van der Waals surface area contributed by atoms with Crippen LogP contribution >= 0.6 is 0 Å². The normalized spacial score (nSPS) is 23.2. The molecule has 0 unspecified atom stereocenters. The number of sulfonamides is 1. The van der Waals surface area contributed by atoms with Gasteiger partial charge in [0.2, 0.25) is 10.0 Å². The summed E-state index contributed by atoms with van der Waals surface area (Å²) in [6.07, 6.45) is -1.72. The van der Waals surface area contributed by atoms with E-state index >= 15 is 0 Å². The van der Waals surface area contributed by atoms with Crippen LogP contribution in [0.15, 0.2) is 29.2 Å². The standard InChI is InChI=1S/C15H20F3NO3S/c1-19(13-6-2-11(10-20)3-7-13)23(21,22)14-8-4-12(5-9-14)15(16,17)18/h4-5,8-9,11,13,20H,2-3,6-7,10H2,1H3/t11-,13-. The first-order chi connectivity index (χ1) is 10.7. The molecular weight excluding hydrogens is 331 g/mol. The Morgan fingerprint density at radius 3 is 2.09 bits per heavy atom. The molecule has 0 spiro atoms. The molecule has 1 fully saturated rings. The van der Waals surface area contributed by atoms with Gasteiger partial charge in [-0.1, -0.05) is 0 Å².